The zero-order valence-electron chi connectivity index (χ0n) is 12.5. The van der Waals surface area contributed by atoms with Gasteiger partial charge in [-0.05, 0) is 19.4 Å². The number of halogens is 1. The fourth-order valence-electron chi connectivity index (χ4n) is 2.20. The summed E-state index contributed by atoms with van der Waals surface area (Å²) in [6.45, 7) is 2.63. The van der Waals surface area contributed by atoms with Crippen LogP contribution in [0.3, 0.4) is 0 Å². The summed E-state index contributed by atoms with van der Waals surface area (Å²) in [5, 5.41) is 12.5. The summed E-state index contributed by atoms with van der Waals surface area (Å²) in [6, 6.07) is 6.00. The molecule has 0 fully saturated rings. The quantitative estimate of drug-likeness (QED) is 0.822. The highest BCUT2D eigenvalue weighted by molar-refractivity contribution is 5.75. The average molecular weight is 305 g/mol. The minimum Gasteiger partial charge on any atom is -0.386 e. The van der Waals surface area contributed by atoms with Crippen molar-refractivity contribution >= 4 is 5.91 Å². The average Bonchev–Trinajstić information content (AvgIpc) is 2.91. The normalized spacial score (nSPS) is 12.1. The second-order valence-corrected chi connectivity index (χ2v) is 5.11. The van der Waals surface area contributed by atoms with E-state index in [2.05, 4.69) is 10.3 Å². The van der Waals surface area contributed by atoms with Gasteiger partial charge in [0.15, 0.2) is 0 Å². The molecular weight excluding hydrogens is 285 g/mol. The van der Waals surface area contributed by atoms with Crippen molar-refractivity contribution in [3.8, 4) is 0 Å². The molecule has 0 bridgehead atoms. The molecule has 1 atom stereocenters. The highest BCUT2D eigenvalue weighted by Crippen LogP contribution is 2.15. The number of nitrogens with zero attached hydrogens (tertiary/aromatic N) is 2. The molecule has 6 heteroatoms. The molecule has 0 aliphatic rings. The van der Waals surface area contributed by atoms with E-state index in [-0.39, 0.29) is 18.0 Å². The SMILES string of the molecule is Cc1nccn1CCCC(=O)NCC(O)c1ccccc1F. The van der Waals surface area contributed by atoms with E-state index in [9.17, 15) is 14.3 Å². The van der Waals surface area contributed by atoms with Gasteiger partial charge < -0.3 is 15.0 Å². The summed E-state index contributed by atoms with van der Waals surface area (Å²) < 4.78 is 15.5. The van der Waals surface area contributed by atoms with Gasteiger partial charge in [-0.1, -0.05) is 18.2 Å². The number of aliphatic hydroxyl groups excluding tert-OH is 1. The van der Waals surface area contributed by atoms with Crippen LogP contribution in [0.15, 0.2) is 36.7 Å². The number of aryl methyl sites for hydroxylation is 2. The zero-order valence-corrected chi connectivity index (χ0v) is 12.5. The first kappa shape index (κ1) is 16.2. The highest BCUT2D eigenvalue weighted by Gasteiger charge is 2.13. The van der Waals surface area contributed by atoms with Crippen molar-refractivity contribution in [3.63, 3.8) is 0 Å². The minimum absolute atomic E-state index is 0.00384. The van der Waals surface area contributed by atoms with Gasteiger partial charge in [-0.15, -0.1) is 0 Å². The maximum absolute atomic E-state index is 13.5. The fourth-order valence-corrected chi connectivity index (χ4v) is 2.20. The summed E-state index contributed by atoms with van der Waals surface area (Å²) in [5.74, 6) is 0.281. The van der Waals surface area contributed by atoms with Gasteiger partial charge in [0.1, 0.15) is 11.6 Å². The Morgan fingerprint density at radius 1 is 1.45 bits per heavy atom. The Morgan fingerprint density at radius 2 is 2.23 bits per heavy atom. The van der Waals surface area contributed by atoms with Gasteiger partial charge in [0.05, 0.1) is 6.10 Å². The van der Waals surface area contributed by atoms with Crippen molar-refractivity contribution in [2.45, 2.75) is 32.4 Å². The van der Waals surface area contributed by atoms with Crippen molar-refractivity contribution in [1.82, 2.24) is 14.9 Å². The Hall–Kier alpha value is -2.21. The summed E-state index contributed by atoms with van der Waals surface area (Å²) >= 11 is 0. The van der Waals surface area contributed by atoms with Crippen molar-refractivity contribution < 1.29 is 14.3 Å². The first-order valence-electron chi connectivity index (χ1n) is 7.25. The predicted octanol–water partition coefficient (Wildman–Crippen LogP) is 1.96. The molecule has 0 spiro atoms. The molecule has 1 aromatic heterocycles. The van der Waals surface area contributed by atoms with E-state index in [1.54, 1.807) is 18.3 Å². The minimum atomic E-state index is -1.04. The molecule has 118 valence electrons. The van der Waals surface area contributed by atoms with E-state index in [0.717, 1.165) is 12.4 Å². The topological polar surface area (TPSA) is 67.2 Å². The number of carbonyl (C=O) groups excluding carboxylic acids is 1. The fraction of sp³-hybridized carbons (Fsp3) is 0.375. The molecule has 2 aromatic rings. The number of hydrogen-bond donors (Lipinski definition) is 2. The number of hydrogen-bond acceptors (Lipinski definition) is 3. The molecule has 1 unspecified atom stereocenters. The lowest BCUT2D eigenvalue weighted by atomic mass is 10.1. The Labute approximate surface area is 128 Å². The maximum Gasteiger partial charge on any atom is 0.220 e. The molecule has 2 N–H and O–H groups in total. The van der Waals surface area contributed by atoms with E-state index in [0.29, 0.717) is 12.8 Å². The largest absolute Gasteiger partial charge is 0.386 e. The van der Waals surface area contributed by atoms with Gasteiger partial charge in [-0.3, -0.25) is 4.79 Å². The molecule has 0 aliphatic carbocycles. The van der Waals surface area contributed by atoms with E-state index in [4.69, 9.17) is 0 Å². The third-order valence-electron chi connectivity index (χ3n) is 3.48. The predicted molar refractivity (Wildman–Crippen MR) is 80.6 cm³/mol. The van der Waals surface area contributed by atoms with Crippen LogP contribution in [0.25, 0.3) is 0 Å². The number of aromatic nitrogens is 2. The maximum atomic E-state index is 13.5. The summed E-state index contributed by atoms with van der Waals surface area (Å²) in [7, 11) is 0. The molecule has 5 nitrogen and oxygen atoms in total. The first-order valence-corrected chi connectivity index (χ1v) is 7.25. The lowest BCUT2D eigenvalue weighted by Crippen LogP contribution is -2.28. The standard InChI is InChI=1S/C16H20FN3O2/c1-12-18-8-10-20(12)9-4-7-16(22)19-11-15(21)13-5-2-3-6-14(13)17/h2-3,5-6,8,10,15,21H,4,7,9,11H2,1H3,(H,19,22). The lowest BCUT2D eigenvalue weighted by molar-refractivity contribution is -0.121. The van der Waals surface area contributed by atoms with Gasteiger partial charge in [-0.2, -0.15) is 0 Å². The van der Waals surface area contributed by atoms with Crippen LogP contribution in [0.2, 0.25) is 0 Å². The Morgan fingerprint density at radius 3 is 2.91 bits per heavy atom. The van der Waals surface area contributed by atoms with E-state index >= 15 is 0 Å². The molecule has 0 aliphatic heterocycles. The molecule has 0 saturated carbocycles. The summed E-state index contributed by atoms with van der Waals surface area (Å²) in [4.78, 5) is 15.8. The van der Waals surface area contributed by atoms with E-state index < -0.39 is 11.9 Å². The first-order chi connectivity index (χ1) is 10.6. The van der Waals surface area contributed by atoms with Crippen molar-refractivity contribution in [2.24, 2.45) is 0 Å². The Kier molecular flexibility index (Phi) is 5.66. The number of aliphatic hydroxyl groups is 1. The van der Waals surface area contributed by atoms with Crippen LogP contribution in [0, 0.1) is 12.7 Å². The van der Waals surface area contributed by atoms with Crippen molar-refractivity contribution in [1.29, 1.82) is 0 Å². The Bertz CT molecular complexity index is 627. The third-order valence-corrected chi connectivity index (χ3v) is 3.48. The number of nitrogens with one attached hydrogen (secondary N) is 1. The summed E-state index contributed by atoms with van der Waals surface area (Å²) in [6.07, 6.45) is 3.58. The van der Waals surface area contributed by atoms with Crippen LogP contribution in [0.1, 0.15) is 30.3 Å². The van der Waals surface area contributed by atoms with Gasteiger partial charge in [0.25, 0.3) is 0 Å². The van der Waals surface area contributed by atoms with Gasteiger partial charge in [0.2, 0.25) is 5.91 Å². The number of imidazole rings is 1. The monoisotopic (exact) mass is 305 g/mol. The van der Waals surface area contributed by atoms with Crippen molar-refractivity contribution in [2.75, 3.05) is 6.54 Å². The molecule has 1 heterocycles. The van der Waals surface area contributed by atoms with Crippen LogP contribution >= 0.6 is 0 Å². The van der Waals surface area contributed by atoms with Crippen LogP contribution < -0.4 is 5.32 Å². The molecule has 1 aromatic carbocycles. The van der Waals surface area contributed by atoms with Crippen LogP contribution in [-0.2, 0) is 11.3 Å². The summed E-state index contributed by atoms with van der Waals surface area (Å²) in [5.41, 5.74) is 0.192. The smallest absolute Gasteiger partial charge is 0.220 e. The second kappa shape index (κ2) is 7.70. The highest BCUT2D eigenvalue weighted by atomic mass is 19.1. The molecule has 1 amide bonds. The number of rotatable bonds is 7. The third kappa shape index (κ3) is 4.39. The van der Waals surface area contributed by atoms with Gasteiger partial charge >= 0.3 is 0 Å². The van der Waals surface area contributed by atoms with E-state index in [1.807, 2.05) is 17.7 Å². The van der Waals surface area contributed by atoms with Gasteiger partial charge in [0, 0.05) is 37.5 Å². The van der Waals surface area contributed by atoms with Crippen molar-refractivity contribution in [3.05, 3.63) is 53.9 Å². The zero-order chi connectivity index (χ0) is 15.9. The molecular formula is C16H20FN3O2. The molecule has 2 rings (SSSR count). The van der Waals surface area contributed by atoms with Gasteiger partial charge in [-0.25, -0.2) is 9.37 Å². The second-order valence-electron chi connectivity index (χ2n) is 5.11. The van der Waals surface area contributed by atoms with Crippen LogP contribution in [0.4, 0.5) is 4.39 Å². The molecule has 0 radical (unpaired) electrons. The number of amides is 1. The molecule has 22 heavy (non-hydrogen) atoms. The number of benzene rings is 1. The molecule has 0 saturated heterocycles. The number of carbonyl (C=O) groups is 1. The Balaban J connectivity index is 1.71. The van der Waals surface area contributed by atoms with Crippen LogP contribution in [-0.4, -0.2) is 27.1 Å². The van der Waals surface area contributed by atoms with Crippen LogP contribution in [0.5, 0.6) is 0 Å². The van der Waals surface area contributed by atoms with E-state index in [1.165, 1.54) is 12.1 Å². The lowest BCUT2D eigenvalue weighted by Gasteiger charge is -2.13.